The molecule has 1 atom stereocenters. The van der Waals surface area contributed by atoms with Crippen molar-refractivity contribution in [3.63, 3.8) is 0 Å². The van der Waals surface area contributed by atoms with Gasteiger partial charge in [-0.1, -0.05) is 256 Å². The van der Waals surface area contributed by atoms with Crippen LogP contribution in [0.1, 0.15) is 239 Å². The number of carbonyl (C=O) groups is 3. The molecule has 0 amide bonds. The molecule has 0 N–H and O–H groups in total. The second kappa shape index (κ2) is 59.8. The van der Waals surface area contributed by atoms with Gasteiger partial charge in [0.15, 0.2) is 6.10 Å². The first-order valence-electron chi connectivity index (χ1n) is 29.4. The lowest BCUT2D eigenvalue weighted by Crippen LogP contribution is -2.30. The molecule has 0 aromatic heterocycles. The predicted octanol–water partition coefficient (Wildman–Crippen LogP) is 20.0. The Morgan fingerprint density at radius 3 is 1.00 bits per heavy atom. The van der Waals surface area contributed by atoms with Gasteiger partial charge in [0.25, 0.3) is 0 Å². The number of esters is 3. The summed E-state index contributed by atoms with van der Waals surface area (Å²) in [6.07, 6.45) is 85.5. The molecule has 0 heterocycles. The number of hydrogen-bond donors (Lipinski definition) is 0. The van der Waals surface area contributed by atoms with E-state index in [0.29, 0.717) is 12.8 Å². The summed E-state index contributed by atoms with van der Waals surface area (Å²) in [7, 11) is 0. The minimum absolute atomic E-state index is 0.126. The molecule has 6 nitrogen and oxygen atoms in total. The Kier molecular flexibility index (Phi) is 56.0. The quantitative estimate of drug-likeness (QED) is 0.0199. The maximum Gasteiger partial charge on any atom is 0.306 e. The van der Waals surface area contributed by atoms with E-state index in [1.165, 1.54) is 64.2 Å². The number of hydrogen-bond acceptors (Lipinski definition) is 6. The van der Waals surface area contributed by atoms with E-state index in [-0.39, 0.29) is 44.0 Å². The van der Waals surface area contributed by atoms with Crippen LogP contribution in [0.3, 0.4) is 0 Å². The van der Waals surface area contributed by atoms with Gasteiger partial charge in [-0.15, -0.1) is 0 Å². The van der Waals surface area contributed by atoms with Crippen molar-refractivity contribution >= 4 is 17.9 Å². The molecule has 0 bridgehead atoms. The van der Waals surface area contributed by atoms with Gasteiger partial charge in [-0.3, -0.25) is 14.4 Å². The van der Waals surface area contributed by atoms with Crippen molar-refractivity contribution in [2.45, 2.75) is 245 Å². The molecule has 0 fully saturated rings. The smallest absolute Gasteiger partial charge is 0.306 e. The van der Waals surface area contributed by atoms with Crippen molar-refractivity contribution in [1.82, 2.24) is 0 Å². The zero-order valence-electron chi connectivity index (χ0n) is 46.8. The molecule has 0 radical (unpaired) electrons. The number of unbranched alkanes of at least 4 members (excludes halogenated alkanes) is 20. The summed E-state index contributed by atoms with van der Waals surface area (Å²) in [6.45, 7) is 6.39. The molecule has 0 aromatic rings. The second-order valence-corrected chi connectivity index (χ2v) is 18.9. The first-order valence-corrected chi connectivity index (χ1v) is 29.4. The van der Waals surface area contributed by atoms with Crippen LogP contribution >= 0.6 is 0 Å². The highest BCUT2D eigenvalue weighted by molar-refractivity contribution is 5.71. The summed E-state index contributed by atoms with van der Waals surface area (Å²) < 4.78 is 16.8. The van der Waals surface area contributed by atoms with Crippen LogP contribution in [-0.2, 0) is 28.6 Å². The summed E-state index contributed by atoms with van der Waals surface area (Å²) in [4.78, 5) is 38.2. The van der Waals surface area contributed by atoms with E-state index in [0.717, 1.165) is 128 Å². The third-order valence-corrected chi connectivity index (χ3v) is 11.9. The Bertz CT molecular complexity index is 1630. The van der Waals surface area contributed by atoms with Crippen LogP contribution in [0.2, 0.25) is 0 Å². The minimum Gasteiger partial charge on any atom is -0.462 e. The van der Waals surface area contributed by atoms with Crippen LogP contribution in [0.15, 0.2) is 146 Å². The fraction of sp³-hybridized carbons (Fsp3) is 0.597. The maximum atomic E-state index is 12.9. The van der Waals surface area contributed by atoms with Crippen molar-refractivity contribution < 1.29 is 28.6 Å². The highest BCUT2D eigenvalue weighted by Gasteiger charge is 2.19. The fourth-order valence-corrected chi connectivity index (χ4v) is 7.53. The SMILES string of the molecule is CC/C=C\C/C=C\C/C=C\C/C=C\C/C=C\C/C=C\CCC(=O)OCC(COC(=O)CCCCCCC\C=C/C=C\C=C/CCCCCCC)OC(=O)CCCCCCC\C=C/C=C\C=C/CCCCCCC. The molecule has 73 heavy (non-hydrogen) atoms. The molecule has 0 aliphatic rings. The van der Waals surface area contributed by atoms with Crippen LogP contribution in [0.25, 0.3) is 0 Å². The molecule has 0 saturated carbocycles. The van der Waals surface area contributed by atoms with Gasteiger partial charge in [-0.2, -0.15) is 0 Å². The molecule has 0 aliphatic carbocycles. The van der Waals surface area contributed by atoms with E-state index in [9.17, 15) is 14.4 Å². The van der Waals surface area contributed by atoms with Crippen molar-refractivity contribution in [3.8, 4) is 0 Å². The van der Waals surface area contributed by atoms with Gasteiger partial charge in [-0.25, -0.2) is 0 Å². The Morgan fingerprint density at radius 1 is 0.301 bits per heavy atom. The average Bonchev–Trinajstić information content (AvgIpc) is 3.39. The van der Waals surface area contributed by atoms with Gasteiger partial charge in [0.1, 0.15) is 13.2 Å². The zero-order valence-corrected chi connectivity index (χ0v) is 46.8. The Morgan fingerprint density at radius 2 is 0.616 bits per heavy atom. The van der Waals surface area contributed by atoms with Crippen LogP contribution in [-0.4, -0.2) is 37.2 Å². The van der Waals surface area contributed by atoms with Crippen LogP contribution in [0, 0.1) is 0 Å². The molecule has 1 unspecified atom stereocenters. The largest absolute Gasteiger partial charge is 0.462 e. The van der Waals surface area contributed by atoms with Gasteiger partial charge in [0.05, 0.1) is 0 Å². The van der Waals surface area contributed by atoms with E-state index in [1.807, 2.05) is 12.2 Å². The van der Waals surface area contributed by atoms with Crippen molar-refractivity contribution in [1.29, 1.82) is 0 Å². The Balaban J connectivity index is 4.61. The van der Waals surface area contributed by atoms with Gasteiger partial charge >= 0.3 is 17.9 Å². The molecule has 0 aromatic carbocycles. The number of rotatable bonds is 51. The third-order valence-electron chi connectivity index (χ3n) is 11.9. The standard InChI is InChI=1S/C67H106O6/c1-4-7-10-13-16-19-22-25-28-31-34-37-39-42-45-48-51-54-57-60-66(69)72-63-64(73-67(70)61-58-55-52-49-46-43-40-36-33-30-27-24-21-18-15-12-9-6-3)62-71-65(68)59-56-53-50-47-44-41-38-35-32-29-26-23-20-17-14-11-8-5-2/h7,10,16,19,23-30,32-38,40,42,45,51,54,64H,4-6,8-9,11-15,17-18,20-22,31,39,41,43-44,46-50,52-53,55-63H2,1-3H3/b10-7-,19-16-,26-23-,27-24-,28-25-,32-29-,33-30-,37-34-,38-35-,40-36-,45-42-,54-51-. The molecular weight excluding hydrogens is 901 g/mol. The number of carbonyl (C=O) groups excluding carboxylic acids is 3. The van der Waals surface area contributed by atoms with Crippen LogP contribution < -0.4 is 0 Å². The molecule has 0 aliphatic heterocycles. The number of allylic oxidation sites excluding steroid dienone is 24. The Labute approximate surface area is 448 Å². The molecular formula is C67H106O6. The van der Waals surface area contributed by atoms with Gasteiger partial charge < -0.3 is 14.2 Å². The summed E-state index contributed by atoms with van der Waals surface area (Å²) in [5.74, 6) is -1.06. The fourth-order valence-electron chi connectivity index (χ4n) is 7.53. The van der Waals surface area contributed by atoms with E-state index in [4.69, 9.17) is 14.2 Å². The molecule has 410 valence electrons. The van der Waals surface area contributed by atoms with Crippen LogP contribution in [0.5, 0.6) is 0 Å². The summed E-state index contributed by atoms with van der Waals surface area (Å²) in [5, 5.41) is 0. The van der Waals surface area contributed by atoms with E-state index < -0.39 is 6.10 Å². The molecule has 6 heteroatoms. The lowest BCUT2D eigenvalue weighted by molar-refractivity contribution is -0.166. The van der Waals surface area contributed by atoms with Crippen molar-refractivity contribution in [2.24, 2.45) is 0 Å². The van der Waals surface area contributed by atoms with Gasteiger partial charge in [-0.05, 0) is 109 Å². The van der Waals surface area contributed by atoms with E-state index in [1.54, 1.807) is 0 Å². The zero-order chi connectivity index (χ0) is 52.9. The highest BCUT2D eigenvalue weighted by Crippen LogP contribution is 2.13. The molecule has 0 rings (SSSR count). The minimum atomic E-state index is -0.836. The lowest BCUT2D eigenvalue weighted by Gasteiger charge is -2.18. The molecule has 0 saturated heterocycles. The Hall–Kier alpha value is -4.71. The monoisotopic (exact) mass is 1010 g/mol. The topological polar surface area (TPSA) is 78.9 Å². The summed E-state index contributed by atoms with van der Waals surface area (Å²) in [6, 6.07) is 0. The molecule has 0 spiro atoms. The highest BCUT2D eigenvalue weighted by atomic mass is 16.6. The normalized spacial score (nSPS) is 13.2. The number of ether oxygens (including phenoxy) is 3. The lowest BCUT2D eigenvalue weighted by atomic mass is 10.1. The maximum absolute atomic E-state index is 12.9. The first kappa shape index (κ1) is 68.3. The van der Waals surface area contributed by atoms with E-state index in [2.05, 4.69) is 154 Å². The summed E-state index contributed by atoms with van der Waals surface area (Å²) in [5.41, 5.74) is 0. The van der Waals surface area contributed by atoms with Gasteiger partial charge in [0.2, 0.25) is 0 Å². The third kappa shape index (κ3) is 58.1. The van der Waals surface area contributed by atoms with Crippen molar-refractivity contribution in [2.75, 3.05) is 13.2 Å². The predicted molar refractivity (Wildman–Crippen MR) is 315 cm³/mol. The van der Waals surface area contributed by atoms with E-state index >= 15 is 0 Å². The van der Waals surface area contributed by atoms with Crippen LogP contribution in [0.4, 0.5) is 0 Å². The van der Waals surface area contributed by atoms with Crippen molar-refractivity contribution in [3.05, 3.63) is 146 Å². The second-order valence-electron chi connectivity index (χ2n) is 18.9. The van der Waals surface area contributed by atoms with Gasteiger partial charge in [0, 0.05) is 19.3 Å². The average molecular weight is 1010 g/mol. The first-order chi connectivity index (χ1) is 36.0. The summed E-state index contributed by atoms with van der Waals surface area (Å²) >= 11 is 0.